The van der Waals surface area contributed by atoms with Gasteiger partial charge in [0.05, 0.1) is 19.8 Å². The van der Waals surface area contributed by atoms with E-state index in [0.29, 0.717) is 24.9 Å². The molecule has 0 unspecified atom stereocenters. The monoisotopic (exact) mass is 291 g/mol. The molecule has 6 heteroatoms. The number of aromatic nitrogens is 2. The van der Waals surface area contributed by atoms with Gasteiger partial charge in [-0.3, -0.25) is 4.90 Å². The summed E-state index contributed by atoms with van der Waals surface area (Å²) in [7, 11) is 1.88. The van der Waals surface area contributed by atoms with E-state index in [2.05, 4.69) is 10.2 Å². The minimum Gasteiger partial charge on any atom is -0.419 e. The Labute approximate surface area is 124 Å². The lowest BCUT2D eigenvalue weighted by Crippen LogP contribution is -2.38. The maximum atomic E-state index is 9.31. The lowest BCUT2D eigenvalue weighted by molar-refractivity contribution is 0.0383. The van der Waals surface area contributed by atoms with Crippen molar-refractivity contribution in [3.05, 3.63) is 36.2 Å². The molecule has 0 bridgehead atoms. The molecule has 0 aliphatic heterocycles. The zero-order chi connectivity index (χ0) is 15.3. The molecule has 0 aliphatic rings. The maximum absolute atomic E-state index is 9.31. The van der Waals surface area contributed by atoms with Gasteiger partial charge in [-0.1, -0.05) is 25.1 Å². The van der Waals surface area contributed by atoms with Crippen molar-refractivity contribution in [2.45, 2.75) is 13.5 Å². The van der Waals surface area contributed by atoms with Gasteiger partial charge < -0.3 is 14.6 Å². The topological polar surface area (TPSA) is 82.6 Å². The third kappa shape index (κ3) is 4.10. The Kier molecular flexibility index (Phi) is 5.06. The van der Waals surface area contributed by atoms with E-state index in [-0.39, 0.29) is 13.2 Å². The van der Waals surface area contributed by atoms with Gasteiger partial charge in [-0.15, -0.1) is 10.2 Å². The summed E-state index contributed by atoms with van der Waals surface area (Å²) < 4.78 is 5.63. The molecular weight excluding hydrogens is 270 g/mol. The first kappa shape index (κ1) is 15.6. The molecule has 1 heterocycles. The SMILES string of the molecule is CN(Cc1nnc(-c2ccccc2)o1)CC(C)(CO)CO. The molecule has 0 amide bonds. The average molecular weight is 291 g/mol. The molecule has 2 N–H and O–H groups in total. The fourth-order valence-electron chi connectivity index (χ4n) is 2.10. The molecule has 6 nitrogen and oxygen atoms in total. The second-order valence-electron chi connectivity index (χ2n) is 5.67. The number of aliphatic hydroxyl groups is 2. The van der Waals surface area contributed by atoms with Crippen LogP contribution in [0.1, 0.15) is 12.8 Å². The standard InChI is InChI=1S/C15H21N3O3/c1-15(10-19,11-20)9-18(2)8-13-16-17-14(21-13)12-6-4-3-5-7-12/h3-7,19-20H,8-11H2,1-2H3. The Morgan fingerprint density at radius 3 is 2.43 bits per heavy atom. The van der Waals surface area contributed by atoms with E-state index in [1.54, 1.807) is 0 Å². The van der Waals surface area contributed by atoms with Crippen LogP contribution in [0.15, 0.2) is 34.7 Å². The summed E-state index contributed by atoms with van der Waals surface area (Å²) in [5.74, 6) is 1.00. The van der Waals surface area contributed by atoms with Crippen LogP contribution in [0.5, 0.6) is 0 Å². The highest BCUT2D eigenvalue weighted by atomic mass is 16.4. The van der Waals surface area contributed by atoms with Crippen molar-refractivity contribution in [1.29, 1.82) is 0 Å². The van der Waals surface area contributed by atoms with Crippen LogP contribution in [0.2, 0.25) is 0 Å². The number of nitrogens with zero attached hydrogens (tertiary/aromatic N) is 3. The van der Waals surface area contributed by atoms with Crippen LogP contribution >= 0.6 is 0 Å². The van der Waals surface area contributed by atoms with E-state index in [9.17, 15) is 10.2 Å². The van der Waals surface area contributed by atoms with E-state index in [1.165, 1.54) is 0 Å². The van der Waals surface area contributed by atoms with Crippen molar-refractivity contribution in [1.82, 2.24) is 15.1 Å². The van der Waals surface area contributed by atoms with Crippen LogP contribution in [-0.4, -0.2) is 52.1 Å². The predicted octanol–water partition coefficient (Wildman–Crippen LogP) is 1.16. The molecule has 0 saturated carbocycles. The van der Waals surface area contributed by atoms with Crippen molar-refractivity contribution in [2.75, 3.05) is 26.8 Å². The van der Waals surface area contributed by atoms with Gasteiger partial charge in [0.1, 0.15) is 0 Å². The van der Waals surface area contributed by atoms with E-state index in [0.717, 1.165) is 5.56 Å². The van der Waals surface area contributed by atoms with Crippen LogP contribution in [0.4, 0.5) is 0 Å². The Hall–Kier alpha value is -1.76. The van der Waals surface area contributed by atoms with Gasteiger partial charge in [0.2, 0.25) is 11.8 Å². The number of hydrogen-bond donors (Lipinski definition) is 2. The molecule has 114 valence electrons. The van der Waals surface area contributed by atoms with E-state index >= 15 is 0 Å². The lowest BCUT2D eigenvalue weighted by Gasteiger charge is -2.29. The summed E-state index contributed by atoms with van der Waals surface area (Å²) in [5.41, 5.74) is 0.339. The maximum Gasteiger partial charge on any atom is 0.247 e. The first-order valence-electron chi connectivity index (χ1n) is 6.84. The molecule has 0 fully saturated rings. The van der Waals surface area contributed by atoms with Crippen molar-refractivity contribution in [2.24, 2.45) is 5.41 Å². The van der Waals surface area contributed by atoms with Crippen LogP contribution < -0.4 is 0 Å². The highest BCUT2D eigenvalue weighted by Crippen LogP contribution is 2.19. The lowest BCUT2D eigenvalue weighted by atomic mass is 9.92. The van der Waals surface area contributed by atoms with E-state index in [1.807, 2.05) is 49.2 Å². The molecule has 0 spiro atoms. The summed E-state index contributed by atoms with van der Waals surface area (Å²) in [6.07, 6.45) is 0. The first-order chi connectivity index (χ1) is 10.1. The molecule has 21 heavy (non-hydrogen) atoms. The average Bonchev–Trinajstić information content (AvgIpc) is 2.96. The summed E-state index contributed by atoms with van der Waals surface area (Å²) in [6.45, 7) is 2.67. The van der Waals surface area contributed by atoms with Crippen molar-refractivity contribution in [3.63, 3.8) is 0 Å². The van der Waals surface area contributed by atoms with Crippen molar-refractivity contribution >= 4 is 0 Å². The van der Waals surface area contributed by atoms with E-state index < -0.39 is 5.41 Å². The van der Waals surface area contributed by atoms with Gasteiger partial charge in [0.15, 0.2) is 0 Å². The Morgan fingerprint density at radius 1 is 1.14 bits per heavy atom. The van der Waals surface area contributed by atoms with Gasteiger partial charge in [0.25, 0.3) is 0 Å². The molecule has 0 saturated heterocycles. The summed E-state index contributed by atoms with van der Waals surface area (Å²) in [5, 5.41) is 26.7. The zero-order valence-corrected chi connectivity index (χ0v) is 12.4. The Balaban J connectivity index is 1.99. The van der Waals surface area contributed by atoms with Crippen LogP contribution in [0.3, 0.4) is 0 Å². The number of rotatable bonds is 7. The fraction of sp³-hybridized carbons (Fsp3) is 0.467. The molecule has 2 aromatic rings. The van der Waals surface area contributed by atoms with E-state index in [4.69, 9.17) is 4.42 Å². The third-order valence-corrected chi connectivity index (χ3v) is 3.31. The molecule has 1 aromatic heterocycles. The van der Waals surface area contributed by atoms with Crippen LogP contribution in [0.25, 0.3) is 11.5 Å². The van der Waals surface area contributed by atoms with Gasteiger partial charge in [-0.2, -0.15) is 0 Å². The fourth-order valence-corrected chi connectivity index (χ4v) is 2.10. The Bertz CT molecular complexity index is 552. The molecule has 0 atom stereocenters. The predicted molar refractivity (Wildman–Crippen MR) is 78.3 cm³/mol. The quantitative estimate of drug-likeness (QED) is 0.796. The highest BCUT2D eigenvalue weighted by Gasteiger charge is 2.25. The van der Waals surface area contributed by atoms with Gasteiger partial charge in [-0.25, -0.2) is 0 Å². The number of aliphatic hydroxyl groups excluding tert-OH is 2. The minimum absolute atomic E-state index is 0.0764. The van der Waals surface area contributed by atoms with Gasteiger partial charge in [0, 0.05) is 17.5 Å². The number of benzene rings is 1. The summed E-state index contributed by atoms with van der Waals surface area (Å²) in [4.78, 5) is 1.94. The first-order valence-corrected chi connectivity index (χ1v) is 6.84. The largest absolute Gasteiger partial charge is 0.419 e. The smallest absolute Gasteiger partial charge is 0.247 e. The van der Waals surface area contributed by atoms with Crippen LogP contribution in [0, 0.1) is 5.41 Å². The molecular formula is C15H21N3O3. The number of hydrogen-bond acceptors (Lipinski definition) is 6. The van der Waals surface area contributed by atoms with Crippen molar-refractivity contribution in [3.8, 4) is 11.5 Å². The Morgan fingerprint density at radius 2 is 1.81 bits per heavy atom. The molecule has 1 aromatic carbocycles. The van der Waals surface area contributed by atoms with Gasteiger partial charge >= 0.3 is 0 Å². The second-order valence-corrected chi connectivity index (χ2v) is 5.67. The third-order valence-electron chi connectivity index (χ3n) is 3.31. The minimum atomic E-state index is -0.545. The molecule has 2 rings (SSSR count). The van der Waals surface area contributed by atoms with Gasteiger partial charge in [-0.05, 0) is 19.2 Å². The highest BCUT2D eigenvalue weighted by molar-refractivity contribution is 5.51. The van der Waals surface area contributed by atoms with Crippen LogP contribution in [-0.2, 0) is 6.54 Å². The normalized spacial score (nSPS) is 12.0. The summed E-state index contributed by atoms with van der Waals surface area (Å²) in [6, 6.07) is 9.59. The summed E-state index contributed by atoms with van der Waals surface area (Å²) >= 11 is 0. The second kappa shape index (κ2) is 6.80. The van der Waals surface area contributed by atoms with Crippen molar-refractivity contribution < 1.29 is 14.6 Å². The molecule has 0 radical (unpaired) electrons. The molecule has 0 aliphatic carbocycles. The zero-order valence-electron chi connectivity index (χ0n) is 12.4.